The Hall–Kier alpha value is -0.420. The van der Waals surface area contributed by atoms with Crippen LogP contribution in [0.25, 0.3) is 0 Å². The molecule has 0 saturated heterocycles. The second-order valence-corrected chi connectivity index (χ2v) is 9.90. The second-order valence-electron chi connectivity index (χ2n) is 7.94. The number of nitrogens with one attached hydrogen (secondary N) is 1. The van der Waals surface area contributed by atoms with Gasteiger partial charge in [-0.25, -0.2) is 8.93 Å². The number of ether oxygens (including phenoxy) is 1. The van der Waals surface area contributed by atoms with E-state index in [0.29, 0.717) is 5.92 Å². The Balaban J connectivity index is 2.73. The van der Waals surface area contributed by atoms with E-state index in [4.69, 9.17) is 4.74 Å². The SMILES string of the molecule is CC(C)(C)OC(=O)C[C@@](C)(N[S@@](=O)C(C)(C)C)C1CC1. The smallest absolute Gasteiger partial charge is 0.308 e. The summed E-state index contributed by atoms with van der Waals surface area (Å²) in [5.74, 6) is 0.173. The van der Waals surface area contributed by atoms with Crippen molar-refractivity contribution in [2.45, 2.75) is 83.6 Å². The zero-order chi connectivity index (χ0) is 15.8. The molecule has 0 radical (unpaired) electrons. The summed E-state index contributed by atoms with van der Waals surface area (Å²) in [5.41, 5.74) is -0.925. The molecule has 0 aromatic carbocycles. The number of rotatable bonds is 5. The van der Waals surface area contributed by atoms with Crippen molar-refractivity contribution in [3.8, 4) is 0 Å². The van der Waals surface area contributed by atoms with Crippen LogP contribution >= 0.6 is 0 Å². The Morgan fingerprint density at radius 1 is 1.15 bits per heavy atom. The Morgan fingerprint density at radius 2 is 1.65 bits per heavy atom. The molecule has 1 aliphatic carbocycles. The van der Waals surface area contributed by atoms with Crippen molar-refractivity contribution in [1.29, 1.82) is 0 Å². The molecule has 4 nitrogen and oxygen atoms in total. The summed E-state index contributed by atoms with van der Waals surface area (Å²) in [7, 11) is -1.18. The van der Waals surface area contributed by atoms with Crippen LogP contribution in [0.5, 0.6) is 0 Å². The van der Waals surface area contributed by atoms with Gasteiger partial charge in [-0.3, -0.25) is 4.79 Å². The fraction of sp³-hybridized carbons (Fsp3) is 0.933. The quantitative estimate of drug-likeness (QED) is 0.795. The highest BCUT2D eigenvalue weighted by molar-refractivity contribution is 7.84. The standard InChI is InChI=1S/C15H29NO3S/c1-13(2,3)19-12(17)10-15(7,11-8-9-11)16-20(18)14(4,5)6/h11,16H,8-10H2,1-7H3/t15-,20+/m1/s1. The molecule has 0 aliphatic heterocycles. The number of carbonyl (C=O) groups is 1. The summed E-state index contributed by atoms with van der Waals surface area (Å²) in [6.45, 7) is 13.4. The van der Waals surface area contributed by atoms with Crippen molar-refractivity contribution in [3.05, 3.63) is 0 Å². The first-order valence-electron chi connectivity index (χ1n) is 7.25. The molecule has 1 aliphatic rings. The fourth-order valence-electron chi connectivity index (χ4n) is 2.03. The Labute approximate surface area is 125 Å². The van der Waals surface area contributed by atoms with Crippen LogP contribution in [0.15, 0.2) is 0 Å². The van der Waals surface area contributed by atoms with Crippen LogP contribution in [0.4, 0.5) is 0 Å². The van der Waals surface area contributed by atoms with E-state index in [2.05, 4.69) is 4.72 Å². The van der Waals surface area contributed by atoms with Gasteiger partial charge in [-0.05, 0) is 67.2 Å². The van der Waals surface area contributed by atoms with Crippen molar-refractivity contribution in [1.82, 2.24) is 4.72 Å². The molecule has 5 heteroatoms. The topological polar surface area (TPSA) is 55.4 Å². The van der Waals surface area contributed by atoms with Gasteiger partial charge in [0.1, 0.15) is 5.60 Å². The minimum atomic E-state index is -1.18. The third kappa shape index (κ3) is 5.52. The van der Waals surface area contributed by atoms with Gasteiger partial charge in [0.05, 0.1) is 22.2 Å². The van der Waals surface area contributed by atoms with E-state index in [1.807, 2.05) is 48.5 Å². The van der Waals surface area contributed by atoms with E-state index >= 15 is 0 Å². The Kier molecular flexibility index (Phi) is 5.08. The molecule has 20 heavy (non-hydrogen) atoms. The molecule has 118 valence electrons. The van der Waals surface area contributed by atoms with Gasteiger partial charge in [0.15, 0.2) is 0 Å². The van der Waals surface area contributed by atoms with Crippen LogP contribution in [-0.2, 0) is 20.5 Å². The predicted octanol–water partition coefficient (Wildman–Crippen LogP) is 2.94. The summed E-state index contributed by atoms with van der Waals surface area (Å²) >= 11 is 0. The van der Waals surface area contributed by atoms with Crippen LogP contribution < -0.4 is 4.72 Å². The van der Waals surface area contributed by atoms with Crippen molar-refractivity contribution < 1.29 is 13.7 Å². The number of hydrogen-bond donors (Lipinski definition) is 1. The van der Waals surface area contributed by atoms with Gasteiger partial charge in [-0.15, -0.1) is 0 Å². The van der Waals surface area contributed by atoms with Crippen LogP contribution in [0, 0.1) is 5.92 Å². The number of hydrogen-bond acceptors (Lipinski definition) is 3. The number of esters is 1. The summed E-state index contributed by atoms with van der Waals surface area (Å²) in [6.07, 6.45) is 2.41. The summed E-state index contributed by atoms with van der Waals surface area (Å²) in [5, 5.41) is 0. The molecule has 0 heterocycles. The lowest BCUT2D eigenvalue weighted by Crippen LogP contribution is -2.51. The first-order valence-corrected chi connectivity index (χ1v) is 8.40. The third-order valence-electron chi connectivity index (χ3n) is 3.29. The lowest BCUT2D eigenvalue weighted by atomic mass is 9.93. The molecule has 1 fully saturated rings. The first kappa shape index (κ1) is 17.6. The molecule has 1 rings (SSSR count). The molecule has 0 spiro atoms. The molecule has 0 bridgehead atoms. The van der Waals surface area contributed by atoms with Gasteiger partial charge in [0.2, 0.25) is 0 Å². The Morgan fingerprint density at radius 3 is 2.00 bits per heavy atom. The van der Waals surface area contributed by atoms with Gasteiger partial charge in [0.25, 0.3) is 0 Å². The summed E-state index contributed by atoms with van der Waals surface area (Å²) in [4.78, 5) is 12.1. The van der Waals surface area contributed by atoms with Crippen LogP contribution in [0.1, 0.15) is 67.7 Å². The van der Waals surface area contributed by atoms with Gasteiger partial charge >= 0.3 is 5.97 Å². The lowest BCUT2D eigenvalue weighted by Gasteiger charge is -2.33. The molecule has 0 aromatic rings. The molecule has 2 atom stereocenters. The predicted molar refractivity (Wildman–Crippen MR) is 82.6 cm³/mol. The van der Waals surface area contributed by atoms with Crippen molar-refractivity contribution in [2.75, 3.05) is 0 Å². The lowest BCUT2D eigenvalue weighted by molar-refractivity contribution is -0.156. The van der Waals surface area contributed by atoms with Gasteiger partial charge in [-0.1, -0.05) is 0 Å². The van der Waals surface area contributed by atoms with E-state index in [1.165, 1.54) is 0 Å². The highest BCUT2D eigenvalue weighted by Gasteiger charge is 2.45. The third-order valence-corrected chi connectivity index (χ3v) is 5.06. The first-order chi connectivity index (χ1) is 8.83. The highest BCUT2D eigenvalue weighted by Crippen LogP contribution is 2.42. The minimum absolute atomic E-state index is 0.231. The Bertz CT molecular complexity index is 391. The average Bonchev–Trinajstić information content (AvgIpc) is 2.93. The highest BCUT2D eigenvalue weighted by atomic mass is 32.2. The van der Waals surface area contributed by atoms with E-state index in [0.717, 1.165) is 12.8 Å². The molecular weight excluding hydrogens is 274 g/mol. The monoisotopic (exact) mass is 303 g/mol. The average molecular weight is 303 g/mol. The van der Waals surface area contributed by atoms with Crippen molar-refractivity contribution in [3.63, 3.8) is 0 Å². The van der Waals surface area contributed by atoms with Gasteiger partial charge < -0.3 is 4.74 Å². The zero-order valence-corrected chi connectivity index (χ0v) is 14.6. The largest absolute Gasteiger partial charge is 0.460 e. The summed E-state index contributed by atoms with van der Waals surface area (Å²) in [6, 6.07) is 0. The summed E-state index contributed by atoms with van der Waals surface area (Å²) < 4.78 is 20.6. The van der Waals surface area contributed by atoms with Crippen molar-refractivity contribution >= 4 is 17.0 Å². The zero-order valence-electron chi connectivity index (χ0n) is 13.8. The molecule has 0 unspecified atom stereocenters. The van der Waals surface area contributed by atoms with E-state index in [9.17, 15) is 9.00 Å². The molecule has 0 amide bonds. The molecule has 0 aromatic heterocycles. The fourth-order valence-corrected chi connectivity index (χ4v) is 3.00. The van der Waals surface area contributed by atoms with Gasteiger partial charge in [0, 0.05) is 5.54 Å². The maximum Gasteiger partial charge on any atom is 0.308 e. The van der Waals surface area contributed by atoms with E-state index in [-0.39, 0.29) is 17.1 Å². The van der Waals surface area contributed by atoms with Crippen molar-refractivity contribution in [2.24, 2.45) is 5.92 Å². The number of carbonyl (C=O) groups excluding carboxylic acids is 1. The van der Waals surface area contributed by atoms with E-state index < -0.39 is 22.1 Å². The molecule has 1 saturated carbocycles. The minimum Gasteiger partial charge on any atom is -0.460 e. The van der Waals surface area contributed by atoms with Crippen LogP contribution in [0.2, 0.25) is 0 Å². The maximum atomic E-state index is 12.3. The normalized spacial score (nSPS) is 21.1. The van der Waals surface area contributed by atoms with Gasteiger partial charge in [-0.2, -0.15) is 0 Å². The molecular formula is C15H29NO3S. The maximum absolute atomic E-state index is 12.3. The van der Waals surface area contributed by atoms with E-state index in [1.54, 1.807) is 0 Å². The van der Waals surface area contributed by atoms with Crippen LogP contribution in [0.3, 0.4) is 0 Å². The second kappa shape index (κ2) is 5.76. The molecule has 1 N–H and O–H groups in total. The van der Waals surface area contributed by atoms with Crippen LogP contribution in [-0.4, -0.2) is 26.1 Å².